The maximum Gasteiger partial charge on any atom is 0.123 e. The summed E-state index contributed by atoms with van der Waals surface area (Å²) in [7, 11) is -0.794. The number of halogens is 1. The molecule has 0 amide bonds. The summed E-state index contributed by atoms with van der Waals surface area (Å²) in [6.45, 7) is 2.84. The van der Waals surface area contributed by atoms with Gasteiger partial charge in [0.25, 0.3) is 0 Å². The summed E-state index contributed by atoms with van der Waals surface area (Å²) in [5.74, 6) is 0.927. The monoisotopic (exact) mass is 245 g/mol. The van der Waals surface area contributed by atoms with Gasteiger partial charge in [-0.15, -0.1) is 0 Å². The molecule has 1 atom stereocenters. The molecule has 2 N–H and O–H groups in total. The van der Waals surface area contributed by atoms with E-state index in [1.165, 1.54) is 18.2 Å². The topological polar surface area (TPSA) is 49.3 Å². The first-order valence-electron chi connectivity index (χ1n) is 5.16. The van der Waals surface area contributed by atoms with E-state index in [1.807, 2.05) is 6.92 Å². The SMILES string of the molecule is CCS(=O)CCNCc1cc(F)ccc1O. The van der Waals surface area contributed by atoms with Crippen molar-refractivity contribution in [2.75, 3.05) is 18.1 Å². The number of benzene rings is 1. The minimum absolute atomic E-state index is 0.0745. The molecule has 1 rings (SSSR count). The molecule has 0 fully saturated rings. The number of phenols is 1. The number of hydrogen-bond acceptors (Lipinski definition) is 3. The fraction of sp³-hybridized carbons (Fsp3) is 0.455. The highest BCUT2D eigenvalue weighted by molar-refractivity contribution is 7.84. The highest BCUT2D eigenvalue weighted by Crippen LogP contribution is 2.17. The van der Waals surface area contributed by atoms with Crippen molar-refractivity contribution in [2.45, 2.75) is 13.5 Å². The molecule has 5 heteroatoms. The average Bonchev–Trinajstić information content (AvgIpc) is 2.28. The summed E-state index contributed by atoms with van der Waals surface area (Å²) >= 11 is 0. The van der Waals surface area contributed by atoms with Crippen LogP contribution in [0.2, 0.25) is 0 Å². The van der Waals surface area contributed by atoms with Crippen molar-refractivity contribution in [3.05, 3.63) is 29.6 Å². The van der Waals surface area contributed by atoms with Crippen molar-refractivity contribution >= 4 is 10.8 Å². The molecule has 0 saturated carbocycles. The third-order valence-corrected chi connectivity index (χ3v) is 3.49. The lowest BCUT2D eigenvalue weighted by atomic mass is 10.2. The molecular weight excluding hydrogens is 229 g/mol. The van der Waals surface area contributed by atoms with Gasteiger partial charge in [0.1, 0.15) is 11.6 Å². The second kappa shape index (κ2) is 6.60. The predicted octanol–water partition coefficient (Wildman–Crippen LogP) is 1.39. The molecule has 0 heterocycles. The third-order valence-electron chi connectivity index (χ3n) is 2.19. The quantitative estimate of drug-likeness (QED) is 0.745. The molecule has 0 spiro atoms. The van der Waals surface area contributed by atoms with E-state index in [0.29, 0.717) is 30.2 Å². The number of phenolic OH excluding ortho intramolecular Hbond substituents is 1. The molecule has 0 aliphatic rings. The van der Waals surface area contributed by atoms with Crippen LogP contribution in [-0.2, 0) is 17.3 Å². The Morgan fingerprint density at radius 1 is 1.50 bits per heavy atom. The molecule has 0 aromatic heterocycles. The van der Waals surface area contributed by atoms with Gasteiger partial charge in [0, 0.05) is 41.0 Å². The zero-order chi connectivity index (χ0) is 12.0. The molecule has 16 heavy (non-hydrogen) atoms. The molecule has 0 aliphatic carbocycles. The van der Waals surface area contributed by atoms with Crippen molar-refractivity contribution in [1.82, 2.24) is 5.32 Å². The number of hydrogen-bond donors (Lipinski definition) is 2. The van der Waals surface area contributed by atoms with E-state index in [9.17, 15) is 13.7 Å². The predicted molar refractivity (Wildman–Crippen MR) is 63.3 cm³/mol. The molecule has 0 saturated heterocycles. The summed E-state index contributed by atoms with van der Waals surface area (Å²) in [6.07, 6.45) is 0. The van der Waals surface area contributed by atoms with Crippen LogP contribution in [-0.4, -0.2) is 27.4 Å². The lowest BCUT2D eigenvalue weighted by Crippen LogP contribution is -2.20. The van der Waals surface area contributed by atoms with Crippen LogP contribution in [0, 0.1) is 5.82 Å². The van der Waals surface area contributed by atoms with E-state index in [-0.39, 0.29) is 11.6 Å². The largest absolute Gasteiger partial charge is 0.508 e. The minimum Gasteiger partial charge on any atom is -0.508 e. The van der Waals surface area contributed by atoms with Gasteiger partial charge >= 0.3 is 0 Å². The second-order valence-corrected chi connectivity index (χ2v) is 5.25. The van der Waals surface area contributed by atoms with Crippen LogP contribution in [0.5, 0.6) is 5.75 Å². The average molecular weight is 245 g/mol. The van der Waals surface area contributed by atoms with E-state index < -0.39 is 10.8 Å². The van der Waals surface area contributed by atoms with E-state index >= 15 is 0 Å². The summed E-state index contributed by atoms with van der Waals surface area (Å²) < 4.78 is 24.0. The summed E-state index contributed by atoms with van der Waals surface area (Å²) in [5, 5.41) is 12.4. The fourth-order valence-corrected chi connectivity index (χ4v) is 1.91. The highest BCUT2D eigenvalue weighted by atomic mass is 32.2. The van der Waals surface area contributed by atoms with Crippen molar-refractivity contribution < 1.29 is 13.7 Å². The van der Waals surface area contributed by atoms with Gasteiger partial charge in [-0.05, 0) is 18.2 Å². The van der Waals surface area contributed by atoms with Crippen molar-refractivity contribution in [2.24, 2.45) is 0 Å². The Morgan fingerprint density at radius 3 is 2.94 bits per heavy atom. The zero-order valence-electron chi connectivity index (χ0n) is 9.20. The van der Waals surface area contributed by atoms with Gasteiger partial charge in [-0.1, -0.05) is 6.92 Å². The Balaban J connectivity index is 2.37. The molecule has 90 valence electrons. The molecule has 0 bridgehead atoms. The maximum absolute atomic E-state index is 12.9. The number of nitrogens with one attached hydrogen (secondary N) is 1. The molecule has 1 aromatic rings. The zero-order valence-corrected chi connectivity index (χ0v) is 10.0. The summed E-state index contributed by atoms with van der Waals surface area (Å²) in [6, 6.07) is 3.83. The van der Waals surface area contributed by atoms with Crippen molar-refractivity contribution in [1.29, 1.82) is 0 Å². The Hall–Kier alpha value is -0.940. The molecule has 1 aromatic carbocycles. The van der Waals surface area contributed by atoms with Crippen LogP contribution in [0.15, 0.2) is 18.2 Å². The van der Waals surface area contributed by atoms with Gasteiger partial charge < -0.3 is 10.4 Å². The van der Waals surface area contributed by atoms with Gasteiger partial charge in [-0.25, -0.2) is 4.39 Å². The van der Waals surface area contributed by atoms with Crippen LogP contribution in [0.3, 0.4) is 0 Å². The van der Waals surface area contributed by atoms with Crippen LogP contribution in [0.4, 0.5) is 4.39 Å². The number of aromatic hydroxyl groups is 1. The standard InChI is InChI=1S/C11H16FNO2S/c1-2-16(15)6-5-13-8-9-7-10(12)3-4-11(9)14/h3-4,7,13-14H,2,5-6,8H2,1H3. The summed E-state index contributed by atoms with van der Waals surface area (Å²) in [5.41, 5.74) is 0.516. The Labute approximate surface area is 97.1 Å². The van der Waals surface area contributed by atoms with Crippen LogP contribution in [0.25, 0.3) is 0 Å². The molecule has 0 aliphatic heterocycles. The molecule has 3 nitrogen and oxygen atoms in total. The van der Waals surface area contributed by atoms with E-state index in [0.717, 1.165) is 0 Å². The van der Waals surface area contributed by atoms with Crippen LogP contribution in [0.1, 0.15) is 12.5 Å². The first-order chi connectivity index (χ1) is 7.63. The maximum atomic E-state index is 12.9. The van der Waals surface area contributed by atoms with Gasteiger partial charge in [-0.3, -0.25) is 4.21 Å². The first kappa shape index (κ1) is 13.1. The third kappa shape index (κ3) is 4.28. The lowest BCUT2D eigenvalue weighted by Gasteiger charge is -2.06. The van der Waals surface area contributed by atoms with Gasteiger partial charge in [-0.2, -0.15) is 0 Å². The fourth-order valence-electron chi connectivity index (χ4n) is 1.25. The van der Waals surface area contributed by atoms with E-state index in [1.54, 1.807) is 0 Å². The van der Waals surface area contributed by atoms with Gasteiger partial charge in [0.15, 0.2) is 0 Å². The minimum atomic E-state index is -0.794. The first-order valence-corrected chi connectivity index (χ1v) is 6.65. The Kier molecular flexibility index (Phi) is 5.42. The van der Waals surface area contributed by atoms with Crippen molar-refractivity contribution in [3.63, 3.8) is 0 Å². The van der Waals surface area contributed by atoms with Gasteiger partial charge in [0.05, 0.1) is 0 Å². The summed E-state index contributed by atoms with van der Waals surface area (Å²) in [4.78, 5) is 0. The Morgan fingerprint density at radius 2 is 2.25 bits per heavy atom. The van der Waals surface area contributed by atoms with Crippen molar-refractivity contribution in [3.8, 4) is 5.75 Å². The lowest BCUT2D eigenvalue weighted by molar-refractivity contribution is 0.462. The molecular formula is C11H16FNO2S. The Bertz CT molecular complexity index is 371. The van der Waals surface area contributed by atoms with Crippen LogP contribution < -0.4 is 5.32 Å². The smallest absolute Gasteiger partial charge is 0.123 e. The molecule has 1 unspecified atom stereocenters. The molecule has 0 radical (unpaired) electrons. The van der Waals surface area contributed by atoms with E-state index in [4.69, 9.17) is 0 Å². The van der Waals surface area contributed by atoms with Gasteiger partial charge in [0.2, 0.25) is 0 Å². The normalized spacial score (nSPS) is 12.6. The van der Waals surface area contributed by atoms with Crippen LogP contribution >= 0.6 is 0 Å². The second-order valence-electron chi connectivity index (χ2n) is 3.38. The highest BCUT2D eigenvalue weighted by Gasteiger charge is 2.02. The van der Waals surface area contributed by atoms with E-state index in [2.05, 4.69) is 5.32 Å². The number of rotatable bonds is 6.